The van der Waals surface area contributed by atoms with Crippen LogP contribution in [0, 0.1) is 0 Å². The Kier molecular flexibility index (Phi) is 9.34. The van der Waals surface area contributed by atoms with Crippen LogP contribution in [-0.4, -0.2) is 85.0 Å². The molecule has 32 heavy (non-hydrogen) atoms. The Balaban J connectivity index is 2.31. The van der Waals surface area contributed by atoms with Crippen molar-refractivity contribution >= 4 is 29.7 Å². The molecule has 2 rings (SSSR count). The Hall–Kier alpha value is -2.78. The van der Waals surface area contributed by atoms with Gasteiger partial charge in [-0.3, -0.25) is 4.79 Å². The summed E-state index contributed by atoms with van der Waals surface area (Å²) in [6.07, 6.45) is 1.24. The van der Waals surface area contributed by atoms with Crippen LogP contribution >= 0.6 is 11.6 Å². The Labute approximate surface area is 192 Å². The van der Waals surface area contributed by atoms with Gasteiger partial charge >= 0.3 is 12.2 Å². The Morgan fingerprint density at radius 2 is 2.06 bits per heavy atom. The third-order valence-electron chi connectivity index (χ3n) is 5.57. The lowest BCUT2D eigenvalue weighted by atomic mass is 9.81. The molecule has 0 aliphatic carbocycles. The lowest BCUT2D eigenvalue weighted by Gasteiger charge is -2.48. The largest absolute Gasteiger partial charge is 0.465 e. The van der Waals surface area contributed by atoms with E-state index in [4.69, 9.17) is 21.1 Å². The lowest BCUT2D eigenvalue weighted by molar-refractivity contribution is -0.141. The summed E-state index contributed by atoms with van der Waals surface area (Å²) in [5.74, 6) is -0.399. The van der Waals surface area contributed by atoms with E-state index in [1.165, 1.54) is 23.0 Å². The number of carboxylic acid groups (broad SMARTS) is 1. The van der Waals surface area contributed by atoms with Crippen LogP contribution < -0.4 is 5.32 Å². The third kappa shape index (κ3) is 6.61. The maximum atomic E-state index is 13.4. The molecule has 0 aromatic heterocycles. The standard InChI is InChI=1S/C22H30ClN3O6/c1-4-12-32-20(28)24-18(14-31-3)19(27)25(2)22(10-5-11-26(15-22)21(29)30)13-16-6-8-17(23)9-7-16/h4,6-9,18H,1,5,10-15H2,2-3H3,(H,24,28)(H,29,30). The Morgan fingerprint density at radius 1 is 1.38 bits per heavy atom. The number of carbonyl (C=O) groups excluding carboxylic acids is 2. The minimum atomic E-state index is -1.04. The summed E-state index contributed by atoms with van der Waals surface area (Å²) in [5.41, 5.74) is 0.114. The van der Waals surface area contributed by atoms with Gasteiger partial charge in [-0.2, -0.15) is 0 Å². The van der Waals surface area contributed by atoms with Gasteiger partial charge in [0.1, 0.15) is 12.6 Å². The molecule has 0 saturated carbocycles. The molecule has 2 N–H and O–H groups in total. The zero-order valence-electron chi connectivity index (χ0n) is 18.4. The number of rotatable bonds is 9. The van der Waals surface area contributed by atoms with Crippen molar-refractivity contribution in [1.29, 1.82) is 0 Å². The van der Waals surface area contributed by atoms with Gasteiger partial charge in [-0.1, -0.05) is 36.4 Å². The first kappa shape index (κ1) is 25.5. The number of benzene rings is 1. The molecule has 0 bridgehead atoms. The molecule has 1 aliphatic heterocycles. The number of halogens is 1. The highest BCUT2D eigenvalue weighted by atomic mass is 35.5. The number of likely N-dealkylation sites (tertiary alicyclic amines) is 1. The van der Waals surface area contributed by atoms with Crippen LogP contribution in [0.2, 0.25) is 5.02 Å². The number of hydrogen-bond acceptors (Lipinski definition) is 5. The van der Waals surface area contributed by atoms with Crippen molar-refractivity contribution < 1.29 is 29.0 Å². The third-order valence-corrected chi connectivity index (χ3v) is 5.82. The summed E-state index contributed by atoms with van der Waals surface area (Å²) >= 11 is 6.01. The first-order chi connectivity index (χ1) is 15.2. The van der Waals surface area contributed by atoms with E-state index in [1.54, 1.807) is 19.2 Å². The van der Waals surface area contributed by atoms with Crippen molar-refractivity contribution in [3.05, 3.63) is 47.5 Å². The van der Waals surface area contributed by atoms with Gasteiger partial charge in [-0.05, 0) is 37.0 Å². The SMILES string of the molecule is C=CCOC(=O)NC(COC)C(=O)N(C)C1(Cc2ccc(Cl)cc2)CCCN(C(=O)O)C1. The minimum Gasteiger partial charge on any atom is -0.465 e. The first-order valence-corrected chi connectivity index (χ1v) is 10.6. The molecule has 1 aromatic carbocycles. The highest BCUT2D eigenvalue weighted by molar-refractivity contribution is 6.30. The van der Waals surface area contributed by atoms with E-state index in [0.717, 1.165) is 5.56 Å². The number of carbonyl (C=O) groups is 3. The fourth-order valence-corrected chi connectivity index (χ4v) is 4.05. The summed E-state index contributed by atoms with van der Waals surface area (Å²) in [4.78, 5) is 40.0. The maximum absolute atomic E-state index is 13.4. The first-order valence-electron chi connectivity index (χ1n) is 10.3. The number of hydrogen-bond donors (Lipinski definition) is 2. The van der Waals surface area contributed by atoms with Crippen molar-refractivity contribution in [2.24, 2.45) is 0 Å². The summed E-state index contributed by atoms with van der Waals surface area (Å²) < 4.78 is 10.1. The Morgan fingerprint density at radius 3 is 2.66 bits per heavy atom. The number of alkyl carbamates (subject to hydrolysis) is 1. The molecule has 2 unspecified atom stereocenters. The Bertz CT molecular complexity index is 818. The molecule has 2 atom stereocenters. The zero-order valence-corrected chi connectivity index (χ0v) is 19.1. The van der Waals surface area contributed by atoms with Crippen molar-refractivity contribution in [2.45, 2.75) is 30.8 Å². The van der Waals surface area contributed by atoms with Crippen molar-refractivity contribution in [3.63, 3.8) is 0 Å². The topological polar surface area (TPSA) is 108 Å². The van der Waals surface area contributed by atoms with E-state index in [-0.39, 0.29) is 19.8 Å². The lowest BCUT2D eigenvalue weighted by Crippen LogP contribution is -2.64. The molecule has 176 valence electrons. The molecule has 3 amide bonds. The van der Waals surface area contributed by atoms with E-state index >= 15 is 0 Å². The predicted molar refractivity (Wildman–Crippen MR) is 120 cm³/mol. The fourth-order valence-electron chi connectivity index (χ4n) is 3.92. The molecule has 1 heterocycles. The number of nitrogens with one attached hydrogen (secondary N) is 1. The highest BCUT2D eigenvalue weighted by Crippen LogP contribution is 2.32. The number of amides is 3. The molecule has 1 fully saturated rings. The molecule has 1 aliphatic rings. The number of methoxy groups -OCH3 is 1. The average Bonchev–Trinajstić information content (AvgIpc) is 2.78. The second-order valence-corrected chi connectivity index (χ2v) is 8.21. The number of nitrogens with zero attached hydrogens (tertiary/aromatic N) is 2. The predicted octanol–water partition coefficient (Wildman–Crippen LogP) is 2.78. The molecular weight excluding hydrogens is 438 g/mol. The molecule has 9 nitrogen and oxygen atoms in total. The molecule has 1 saturated heterocycles. The van der Waals surface area contributed by atoms with Crippen LogP contribution in [0.25, 0.3) is 0 Å². The summed E-state index contributed by atoms with van der Waals surface area (Å²) in [5, 5.41) is 12.7. The van der Waals surface area contributed by atoms with Crippen LogP contribution in [0.1, 0.15) is 18.4 Å². The van der Waals surface area contributed by atoms with E-state index in [0.29, 0.717) is 30.8 Å². The van der Waals surface area contributed by atoms with E-state index in [2.05, 4.69) is 11.9 Å². The molecule has 1 aromatic rings. The van der Waals surface area contributed by atoms with Crippen molar-refractivity contribution in [1.82, 2.24) is 15.1 Å². The number of piperidine rings is 1. The second-order valence-electron chi connectivity index (χ2n) is 7.77. The zero-order chi connectivity index (χ0) is 23.7. The van der Waals surface area contributed by atoms with Crippen molar-refractivity contribution in [3.8, 4) is 0 Å². The van der Waals surface area contributed by atoms with Crippen LogP contribution in [0.15, 0.2) is 36.9 Å². The van der Waals surface area contributed by atoms with Crippen LogP contribution in [-0.2, 0) is 20.7 Å². The number of ether oxygens (including phenoxy) is 2. The van der Waals surface area contributed by atoms with Gasteiger partial charge in [0, 0.05) is 32.3 Å². The van der Waals surface area contributed by atoms with E-state index in [1.807, 2.05) is 12.1 Å². The van der Waals surface area contributed by atoms with E-state index in [9.17, 15) is 19.5 Å². The van der Waals surface area contributed by atoms with Gasteiger partial charge in [0.2, 0.25) is 5.91 Å². The van der Waals surface area contributed by atoms with Crippen LogP contribution in [0.4, 0.5) is 9.59 Å². The number of likely N-dealkylation sites (N-methyl/N-ethyl adjacent to an activating group) is 1. The fraction of sp³-hybridized carbons (Fsp3) is 0.500. The average molecular weight is 468 g/mol. The summed E-state index contributed by atoms with van der Waals surface area (Å²) in [7, 11) is 3.05. The molecular formula is C22H30ClN3O6. The smallest absolute Gasteiger partial charge is 0.408 e. The van der Waals surface area contributed by atoms with Gasteiger partial charge in [0.15, 0.2) is 0 Å². The van der Waals surface area contributed by atoms with Gasteiger partial charge in [0.25, 0.3) is 0 Å². The van der Waals surface area contributed by atoms with Crippen LogP contribution in [0.5, 0.6) is 0 Å². The van der Waals surface area contributed by atoms with Gasteiger partial charge in [0.05, 0.1) is 12.1 Å². The molecule has 0 radical (unpaired) electrons. The maximum Gasteiger partial charge on any atom is 0.408 e. The normalized spacial score (nSPS) is 19.0. The summed E-state index contributed by atoms with van der Waals surface area (Å²) in [6.45, 7) is 3.97. The van der Waals surface area contributed by atoms with Crippen molar-refractivity contribution in [2.75, 3.05) is 40.5 Å². The summed E-state index contributed by atoms with van der Waals surface area (Å²) in [6, 6.07) is 6.24. The van der Waals surface area contributed by atoms with Gasteiger partial charge in [-0.25, -0.2) is 9.59 Å². The monoisotopic (exact) mass is 467 g/mol. The highest BCUT2D eigenvalue weighted by Gasteiger charge is 2.44. The minimum absolute atomic E-state index is 0.00361. The molecule has 0 spiro atoms. The van der Waals surface area contributed by atoms with Gasteiger partial charge in [-0.15, -0.1) is 0 Å². The second kappa shape index (κ2) is 11.7. The quantitative estimate of drug-likeness (QED) is 0.540. The molecule has 10 heteroatoms. The van der Waals surface area contributed by atoms with Crippen LogP contribution in [0.3, 0.4) is 0 Å². The van der Waals surface area contributed by atoms with E-state index < -0.39 is 29.7 Å². The van der Waals surface area contributed by atoms with Gasteiger partial charge < -0.3 is 29.7 Å².